The number of hydrogen-bond acceptors (Lipinski definition) is 6. The Morgan fingerprint density at radius 2 is 1.63 bits per heavy atom. The molecule has 2 fully saturated rings. The van der Waals surface area contributed by atoms with Crippen molar-refractivity contribution in [3.05, 3.63) is 59.7 Å². The van der Waals surface area contributed by atoms with E-state index in [4.69, 9.17) is 14.6 Å². The second-order valence-corrected chi connectivity index (χ2v) is 9.87. The zero-order valence-corrected chi connectivity index (χ0v) is 21.2. The normalized spacial score (nSPS) is 22.2. The first-order chi connectivity index (χ1) is 18.4. The van der Waals surface area contributed by atoms with Crippen molar-refractivity contribution < 1.29 is 33.8 Å². The van der Waals surface area contributed by atoms with Crippen molar-refractivity contribution in [1.82, 2.24) is 15.1 Å². The summed E-state index contributed by atoms with van der Waals surface area (Å²) in [7, 11) is 1.50. The van der Waals surface area contributed by atoms with Crippen molar-refractivity contribution in [3.8, 4) is 11.1 Å². The number of ether oxygens (including phenoxy) is 2. The third-order valence-electron chi connectivity index (χ3n) is 7.70. The fraction of sp³-hybridized carbons (Fsp3) is 0.429. The number of nitrogens with zero attached hydrogens (tertiary/aromatic N) is 2. The van der Waals surface area contributed by atoms with Crippen LogP contribution in [0.4, 0.5) is 4.79 Å². The quantitative estimate of drug-likeness (QED) is 0.572. The first-order valence-corrected chi connectivity index (χ1v) is 12.8. The van der Waals surface area contributed by atoms with E-state index in [0.29, 0.717) is 19.4 Å². The van der Waals surface area contributed by atoms with Crippen molar-refractivity contribution in [3.63, 3.8) is 0 Å². The first kappa shape index (κ1) is 25.7. The maximum atomic E-state index is 13.6. The Labute approximate surface area is 220 Å². The van der Waals surface area contributed by atoms with Crippen LogP contribution >= 0.6 is 0 Å². The van der Waals surface area contributed by atoms with Gasteiger partial charge in [0, 0.05) is 32.5 Å². The van der Waals surface area contributed by atoms with Gasteiger partial charge in [0.05, 0.1) is 6.10 Å². The molecule has 200 valence electrons. The van der Waals surface area contributed by atoms with Crippen molar-refractivity contribution in [1.29, 1.82) is 0 Å². The van der Waals surface area contributed by atoms with Crippen molar-refractivity contribution >= 4 is 23.9 Å². The van der Waals surface area contributed by atoms with Crippen LogP contribution in [0, 0.1) is 0 Å². The summed E-state index contributed by atoms with van der Waals surface area (Å²) < 4.78 is 11.2. The summed E-state index contributed by atoms with van der Waals surface area (Å²) in [4.78, 5) is 53.3. The Kier molecular flexibility index (Phi) is 7.33. The molecule has 0 bridgehead atoms. The summed E-state index contributed by atoms with van der Waals surface area (Å²) in [5.41, 5.74) is 4.47. The number of rotatable bonds is 7. The van der Waals surface area contributed by atoms with E-state index in [9.17, 15) is 19.2 Å². The molecule has 0 saturated carbocycles. The molecule has 0 radical (unpaired) electrons. The Morgan fingerprint density at radius 3 is 2.26 bits per heavy atom. The third-order valence-corrected chi connectivity index (χ3v) is 7.70. The fourth-order valence-electron chi connectivity index (χ4n) is 5.85. The maximum Gasteiger partial charge on any atom is 0.410 e. The summed E-state index contributed by atoms with van der Waals surface area (Å²) in [6.45, 7) is 0.185. The molecule has 2 saturated heterocycles. The minimum absolute atomic E-state index is 0.0912. The van der Waals surface area contributed by atoms with Crippen molar-refractivity contribution in [2.45, 2.75) is 43.4 Å². The van der Waals surface area contributed by atoms with Gasteiger partial charge in [-0.25, -0.2) is 4.79 Å². The number of aliphatic carboxylic acids is 1. The van der Waals surface area contributed by atoms with E-state index in [-0.39, 0.29) is 37.5 Å². The second-order valence-electron chi connectivity index (χ2n) is 9.87. The van der Waals surface area contributed by atoms with Gasteiger partial charge in [0.2, 0.25) is 11.8 Å². The minimum atomic E-state index is -1.17. The van der Waals surface area contributed by atoms with Crippen LogP contribution in [0.5, 0.6) is 0 Å². The lowest BCUT2D eigenvalue weighted by Gasteiger charge is -2.30. The van der Waals surface area contributed by atoms with Crippen LogP contribution in [0.25, 0.3) is 11.1 Å². The number of nitrogens with one attached hydrogen (secondary N) is 1. The number of benzene rings is 2. The number of carboxylic acid groups (broad SMARTS) is 1. The SMILES string of the molecule is CO[C@@H]1C[C@@H](C(=O)NCC(=O)O)N(C(=O)C2CCCN2C(=O)OCC2c3ccccc3-c3ccccc32)C1. The average molecular weight is 522 g/mol. The minimum Gasteiger partial charge on any atom is -0.480 e. The first-order valence-electron chi connectivity index (χ1n) is 12.8. The third kappa shape index (κ3) is 4.83. The average Bonchev–Trinajstić information content (AvgIpc) is 3.66. The second kappa shape index (κ2) is 10.8. The van der Waals surface area contributed by atoms with E-state index in [1.165, 1.54) is 16.9 Å². The van der Waals surface area contributed by atoms with E-state index < -0.39 is 36.6 Å². The van der Waals surface area contributed by atoms with Gasteiger partial charge in [-0.15, -0.1) is 0 Å². The smallest absolute Gasteiger partial charge is 0.410 e. The van der Waals surface area contributed by atoms with E-state index in [1.807, 2.05) is 36.4 Å². The molecule has 2 aromatic carbocycles. The van der Waals surface area contributed by atoms with E-state index in [2.05, 4.69) is 17.4 Å². The number of carboxylic acids is 1. The molecule has 1 aliphatic carbocycles. The number of amides is 3. The summed E-state index contributed by atoms with van der Waals surface area (Å²) in [5.74, 6) is -2.17. The van der Waals surface area contributed by atoms with Crippen molar-refractivity contribution in [2.24, 2.45) is 0 Å². The van der Waals surface area contributed by atoms with Crippen LogP contribution in [0.3, 0.4) is 0 Å². The lowest BCUT2D eigenvalue weighted by Crippen LogP contribution is -2.53. The molecule has 5 rings (SSSR count). The highest BCUT2D eigenvalue weighted by atomic mass is 16.6. The lowest BCUT2D eigenvalue weighted by molar-refractivity contribution is -0.142. The molecule has 10 heteroatoms. The molecule has 10 nitrogen and oxygen atoms in total. The summed E-state index contributed by atoms with van der Waals surface area (Å²) in [6, 6.07) is 14.5. The molecule has 2 N–H and O–H groups in total. The summed E-state index contributed by atoms with van der Waals surface area (Å²) >= 11 is 0. The number of methoxy groups -OCH3 is 1. The van der Waals surface area contributed by atoms with Crippen LogP contribution < -0.4 is 5.32 Å². The molecule has 38 heavy (non-hydrogen) atoms. The molecule has 0 spiro atoms. The Hall–Kier alpha value is -3.92. The molecular formula is C28H31N3O7. The lowest BCUT2D eigenvalue weighted by atomic mass is 9.98. The van der Waals surface area contributed by atoms with Crippen molar-refractivity contribution in [2.75, 3.05) is 33.4 Å². The van der Waals surface area contributed by atoms with Gasteiger partial charge in [0.1, 0.15) is 25.2 Å². The maximum absolute atomic E-state index is 13.6. The predicted octanol–water partition coefficient (Wildman–Crippen LogP) is 2.22. The standard InChI is InChI=1S/C28H31N3O7/c1-37-17-13-24(26(34)29-14-25(32)33)31(15-17)27(35)23-11-6-12-30(23)28(36)38-16-22-20-9-4-2-7-18(20)19-8-3-5-10-21(19)22/h2-5,7-10,17,22-24H,6,11-16H2,1H3,(H,29,34)(H,32,33)/t17-,23?,24+/m1/s1. The monoisotopic (exact) mass is 521 g/mol. The van der Waals surface area contributed by atoms with Gasteiger partial charge < -0.3 is 24.8 Å². The molecule has 3 aliphatic rings. The van der Waals surface area contributed by atoms with Gasteiger partial charge in [-0.2, -0.15) is 0 Å². The van der Waals surface area contributed by atoms with E-state index in [1.54, 1.807) is 0 Å². The molecule has 2 aliphatic heterocycles. The Bertz CT molecular complexity index is 1200. The fourth-order valence-corrected chi connectivity index (χ4v) is 5.85. The van der Waals surface area contributed by atoms with Gasteiger partial charge >= 0.3 is 12.1 Å². The molecule has 0 aromatic heterocycles. The highest BCUT2D eigenvalue weighted by molar-refractivity contribution is 5.93. The van der Waals surface area contributed by atoms with Crippen LogP contribution in [-0.2, 0) is 23.9 Å². The van der Waals surface area contributed by atoms with Crippen LogP contribution in [0.15, 0.2) is 48.5 Å². The molecule has 3 atom stereocenters. The molecule has 2 heterocycles. The van der Waals surface area contributed by atoms with E-state index >= 15 is 0 Å². The van der Waals surface area contributed by atoms with Gasteiger partial charge in [-0.3, -0.25) is 19.3 Å². The van der Waals surface area contributed by atoms with Gasteiger partial charge in [-0.1, -0.05) is 48.5 Å². The number of likely N-dealkylation sites (tertiary alicyclic amines) is 2. The number of hydrogen-bond donors (Lipinski definition) is 2. The largest absolute Gasteiger partial charge is 0.480 e. The zero-order valence-electron chi connectivity index (χ0n) is 21.2. The molecule has 1 unspecified atom stereocenters. The van der Waals surface area contributed by atoms with Crippen LogP contribution in [0.1, 0.15) is 36.3 Å². The predicted molar refractivity (Wildman–Crippen MR) is 136 cm³/mol. The van der Waals surface area contributed by atoms with Gasteiger partial charge in [0.15, 0.2) is 0 Å². The molecular weight excluding hydrogens is 490 g/mol. The van der Waals surface area contributed by atoms with Crippen LogP contribution in [-0.4, -0.2) is 90.3 Å². The van der Waals surface area contributed by atoms with Gasteiger partial charge in [-0.05, 0) is 35.1 Å². The number of carbonyl (C=O) groups is 4. The van der Waals surface area contributed by atoms with E-state index in [0.717, 1.165) is 22.3 Å². The van der Waals surface area contributed by atoms with Crippen LogP contribution in [0.2, 0.25) is 0 Å². The number of fused-ring (bicyclic) bond motifs is 3. The Balaban J connectivity index is 1.27. The highest BCUT2D eigenvalue weighted by Crippen LogP contribution is 2.44. The number of carbonyl (C=O) groups excluding carboxylic acids is 3. The Morgan fingerprint density at radius 1 is 0.974 bits per heavy atom. The summed E-state index contributed by atoms with van der Waals surface area (Å²) in [5, 5.41) is 11.3. The molecule has 2 aromatic rings. The summed E-state index contributed by atoms with van der Waals surface area (Å²) in [6.07, 6.45) is 0.435. The van der Waals surface area contributed by atoms with Gasteiger partial charge in [0.25, 0.3) is 0 Å². The molecule has 3 amide bonds. The highest BCUT2D eigenvalue weighted by Gasteiger charge is 2.45. The topological polar surface area (TPSA) is 125 Å². The zero-order chi connectivity index (χ0) is 26.8.